The van der Waals surface area contributed by atoms with Gasteiger partial charge in [0, 0.05) is 12.4 Å². The van der Waals surface area contributed by atoms with Crippen molar-refractivity contribution >= 4 is 42.7 Å². The van der Waals surface area contributed by atoms with Crippen molar-refractivity contribution in [2.45, 2.75) is 77.8 Å². The van der Waals surface area contributed by atoms with Crippen LogP contribution in [0, 0.1) is 22.7 Å². The van der Waals surface area contributed by atoms with Crippen molar-refractivity contribution < 1.29 is 28.7 Å². The predicted octanol–water partition coefficient (Wildman–Crippen LogP) is 2.60. The van der Waals surface area contributed by atoms with Gasteiger partial charge in [-0.1, -0.05) is 0 Å². The smallest absolute Gasteiger partial charge is 0.422 e. The third-order valence-electron chi connectivity index (χ3n) is 6.80. The van der Waals surface area contributed by atoms with E-state index >= 15 is 0 Å². The van der Waals surface area contributed by atoms with Gasteiger partial charge >= 0.3 is 21.1 Å². The van der Waals surface area contributed by atoms with Crippen LogP contribution >= 0.6 is 15.9 Å². The summed E-state index contributed by atoms with van der Waals surface area (Å²) in [6.07, 6.45) is 2.94. The van der Waals surface area contributed by atoms with Gasteiger partial charge in [0.2, 0.25) is 0 Å². The van der Waals surface area contributed by atoms with Crippen LogP contribution in [-0.2, 0) is 18.6 Å². The fraction of sp³-hybridized carbons (Fsp3) is 0.500. The van der Waals surface area contributed by atoms with E-state index in [0.29, 0.717) is 15.7 Å². The second-order valence-electron chi connectivity index (χ2n) is 10.7. The number of nitrogens with zero attached hydrogens (tertiary/aromatic N) is 4. The van der Waals surface area contributed by atoms with Crippen molar-refractivity contribution in [3.63, 3.8) is 0 Å². The van der Waals surface area contributed by atoms with Crippen LogP contribution in [0.1, 0.15) is 66.5 Å². The highest BCUT2D eigenvalue weighted by atomic mass is 79.9. The van der Waals surface area contributed by atoms with E-state index in [0.717, 1.165) is 0 Å². The Morgan fingerprint density at radius 3 is 1.42 bits per heavy atom. The average molecular weight is 585 g/mol. The number of hydrogen-bond acceptors (Lipinski definition) is 10. The first-order valence-electron chi connectivity index (χ1n) is 11.9. The normalized spacial score (nSPS) is 19.7. The summed E-state index contributed by atoms with van der Waals surface area (Å²) in [5.74, 6) is 0. The summed E-state index contributed by atoms with van der Waals surface area (Å²) in [7, 11) is -2.56. The second-order valence-corrected chi connectivity index (χ2v) is 11.5. The SMILES string of the molecule is CC1(C)OB(B2OC(C)(C)C(C)(C)O2)OC1(C)C.N#Cc1ccnc(B(O)O)c1.N#Cc1ccnc(Br)c1. The van der Waals surface area contributed by atoms with Crippen molar-refractivity contribution in [2.75, 3.05) is 0 Å². The standard InChI is InChI=1S/C12H24B2O4.C6H5BN2O2.C6H3BrN2/c1-9(2)10(3,4)16-13(15-9)14-17-11(5,6)12(7,8)18-14;8-4-5-1-2-9-6(3-5)7(10)11;7-6-3-5(4-8)1-2-9-6/h1-8H3;1-3,10-11H;1-3H. The van der Waals surface area contributed by atoms with Gasteiger partial charge in [-0.2, -0.15) is 10.5 Å². The van der Waals surface area contributed by atoms with E-state index in [4.69, 9.17) is 39.2 Å². The Morgan fingerprint density at radius 1 is 0.737 bits per heavy atom. The van der Waals surface area contributed by atoms with Crippen LogP contribution in [0.5, 0.6) is 0 Å². The molecule has 2 aliphatic rings. The molecule has 0 aromatic carbocycles. The first kappa shape index (κ1) is 31.9. The molecular formula is C24H32B3BrN4O6. The first-order chi connectivity index (χ1) is 17.4. The molecule has 0 saturated carbocycles. The summed E-state index contributed by atoms with van der Waals surface area (Å²) < 4.78 is 24.5. The highest BCUT2D eigenvalue weighted by Crippen LogP contribution is 2.42. The van der Waals surface area contributed by atoms with Crippen LogP contribution in [0.25, 0.3) is 0 Å². The molecule has 0 aliphatic carbocycles. The van der Waals surface area contributed by atoms with Gasteiger partial charge in [0.25, 0.3) is 0 Å². The van der Waals surface area contributed by atoms with E-state index in [9.17, 15) is 0 Å². The number of hydrogen-bond donors (Lipinski definition) is 2. The van der Waals surface area contributed by atoms with Crippen LogP contribution in [0.3, 0.4) is 0 Å². The summed E-state index contributed by atoms with van der Waals surface area (Å²) in [5, 5.41) is 34.0. The van der Waals surface area contributed by atoms with E-state index in [1.165, 1.54) is 18.3 Å². The topological polar surface area (TPSA) is 151 Å². The zero-order valence-electron chi connectivity index (χ0n) is 22.9. The zero-order chi connectivity index (χ0) is 28.9. The molecule has 2 saturated heterocycles. The Bertz CT molecular complexity index is 1130. The number of aromatic nitrogens is 2. The Kier molecular flexibility index (Phi) is 10.3. The summed E-state index contributed by atoms with van der Waals surface area (Å²) >= 11 is 3.14. The van der Waals surface area contributed by atoms with Gasteiger partial charge in [0.05, 0.1) is 51.3 Å². The van der Waals surface area contributed by atoms with Crippen LogP contribution in [0.2, 0.25) is 0 Å². The predicted molar refractivity (Wildman–Crippen MR) is 148 cm³/mol. The Hall–Kier alpha value is -2.29. The van der Waals surface area contributed by atoms with Crippen LogP contribution < -0.4 is 5.59 Å². The van der Waals surface area contributed by atoms with Crippen molar-refractivity contribution in [1.82, 2.24) is 9.97 Å². The molecule has 0 atom stereocenters. The Balaban J connectivity index is 0.000000217. The van der Waals surface area contributed by atoms with Crippen molar-refractivity contribution in [2.24, 2.45) is 0 Å². The number of rotatable bonds is 2. The molecule has 4 heterocycles. The molecule has 0 bridgehead atoms. The van der Waals surface area contributed by atoms with Gasteiger partial charge in [-0.05, 0) is 95.6 Å². The molecule has 2 aromatic rings. The van der Waals surface area contributed by atoms with Crippen LogP contribution in [-0.4, -0.2) is 63.6 Å². The quantitative estimate of drug-likeness (QED) is 0.398. The Labute approximate surface area is 233 Å². The maximum absolute atomic E-state index is 8.63. The second kappa shape index (κ2) is 12.3. The van der Waals surface area contributed by atoms with E-state index < -0.39 is 21.1 Å². The molecule has 2 aromatic heterocycles. The molecule has 0 spiro atoms. The summed E-state index contributed by atoms with van der Waals surface area (Å²) in [6.45, 7) is 16.2. The highest BCUT2D eigenvalue weighted by Gasteiger charge is 2.63. The summed E-state index contributed by atoms with van der Waals surface area (Å²) in [4.78, 5) is 7.49. The molecular weight excluding hydrogens is 553 g/mol. The number of nitriles is 2. The van der Waals surface area contributed by atoms with Gasteiger partial charge in [-0.25, -0.2) is 4.98 Å². The fourth-order valence-electron chi connectivity index (χ4n) is 3.13. The third-order valence-corrected chi connectivity index (χ3v) is 7.23. The molecule has 0 radical (unpaired) electrons. The molecule has 2 fully saturated rings. The van der Waals surface area contributed by atoms with Gasteiger partial charge < -0.3 is 28.7 Å². The van der Waals surface area contributed by atoms with E-state index in [-0.39, 0.29) is 28.0 Å². The lowest BCUT2D eigenvalue weighted by Gasteiger charge is -2.32. The molecule has 2 N–H and O–H groups in total. The average Bonchev–Trinajstić information content (AvgIpc) is 3.19. The monoisotopic (exact) mass is 584 g/mol. The third kappa shape index (κ3) is 7.87. The van der Waals surface area contributed by atoms with E-state index in [2.05, 4.69) is 25.9 Å². The van der Waals surface area contributed by atoms with Crippen molar-refractivity contribution in [3.8, 4) is 12.1 Å². The minimum absolute atomic E-state index is 0.0871. The van der Waals surface area contributed by atoms with Gasteiger partial charge in [-0.15, -0.1) is 0 Å². The molecule has 10 nitrogen and oxygen atoms in total. The lowest BCUT2D eigenvalue weighted by atomic mass is 9.49. The van der Waals surface area contributed by atoms with Crippen LogP contribution in [0.15, 0.2) is 41.3 Å². The van der Waals surface area contributed by atoms with Gasteiger partial charge in [0.1, 0.15) is 4.60 Å². The van der Waals surface area contributed by atoms with Gasteiger partial charge in [0.15, 0.2) is 0 Å². The summed E-state index contributed by atoms with van der Waals surface area (Å²) in [6, 6.07) is 10.00. The maximum Gasteiger partial charge on any atom is 0.508 e. The van der Waals surface area contributed by atoms with Crippen LogP contribution in [0.4, 0.5) is 0 Å². The number of pyridine rings is 2. The van der Waals surface area contributed by atoms with Gasteiger partial charge in [-0.3, -0.25) is 4.98 Å². The Morgan fingerprint density at radius 2 is 1.11 bits per heavy atom. The van der Waals surface area contributed by atoms with Crippen molar-refractivity contribution in [1.29, 1.82) is 10.5 Å². The first-order valence-corrected chi connectivity index (χ1v) is 12.7. The molecule has 0 amide bonds. The molecule has 2 aliphatic heterocycles. The molecule has 4 rings (SSSR count). The highest BCUT2D eigenvalue weighted by molar-refractivity contribution is 9.10. The van der Waals surface area contributed by atoms with Crippen molar-refractivity contribution in [3.05, 3.63) is 52.4 Å². The minimum atomic E-state index is -1.61. The fourth-order valence-corrected chi connectivity index (χ4v) is 3.50. The van der Waals surface area contributed by atoms with E-state index in [1.54, 1.807) is 18.3 Å². The van der Waals surface area contributed by atoms with E-state index in [1.807, 2.05) is 67.5 Å². The minimum Gasteiger partial charge on any atom is -0.422 e. The lowest BCUT2D eigenvalue weighted by Crippen LogP contribution is -2.41. The zero-order valence-corrected chi connectivity index (χ0v) is 24.5. The number of halogens is 1. The maximum atomic E-state index is 8.63. The molecule has 200 valence electrons. The lowest BCUT2D eigenvalue weighted by molar-refractivity contribution is 0.00578. The molecule has 0 unspecified atom stereocenters. The molecule has 38 heavy (non-hydrogen) atoms. The molecule has 14 heteroatoms. The summed E-state index contributed by atoms with van der Waals surface area (Å²) in [5.41, 5.74) is -0.366. The largest absolute Gasteiger partial charge is 0.508 e.